The van der Waals surface area contributed by atoms with Crippen LogP contribution >= 0.6 is 0 Å². The zero-order valence-corrected chi connectivity index (χ0v) is 10.6. The third-order valence-corrected chi connectivity index (χ3v) is 2.52. The summed E-state index contributed by atoms with van der Waals surface area (Å²) in [5, 5.41) is 13.0. The van der Waals surface area contributed by atoms with Crippen molar-refractivity contribution in [1.82, 2.24) is 20.5 Å². The number of aryl methyl sites for hydroxylation is 1. The number of amides is 1. The van der Waals surface area contributed by atoms with E-state index in [0.717, 1.165) is 5.56 Å². The molecule has 0 unspecified atom stereocenters. The number of hydrogen-bond donors (Lipinski definition) is 3. The number of pyridine rings is 1. The molecular formula is C12H14N6O. The Morgan fingerprint density at radius 2 is 2.16 bits per heavy atom. The lowest BCUT2D eigenvalue weighted by atomic mass is 10.2. The molecular weight excluding hydrogens is 244 g/mol. The van der Waals surface area contributed by atoms with Gasteiger partial charge in [-0.3, -0.25) is 4.79 Å². The molecule has 2 aromatic heterocycles. The Bertz CT molecular complexity index is 613. The Balaban J connectivity index is 2.41. The van der Waals surface area contributed by atoms with Crippen molar-refractivity contribution in [3.8, 4) is 0 Å². The third kappa shape index (κ3) is 2.76. The molecule has 0 saturated heterocycles. The van der Waals surface area contributed by atoms with Gasteiger partial charge >= 0.3 is 0 Å². The molecule has 0 aromatic carbocycles. The van der Waals surface area contributed by atoms with Crippen LogP contribution < -0.4 is 16.4 Å². The van der Waals surface area contributed by atoms with Crippen LogP contribution in [0.15, 0.2) is 24.4 Å². The lowest BCUT2D eigenvalue weighted by Gasteiger charge is -2.11. The topological polar surface area (TPSA) is 106 Å². The van der Waals surface area contributed by atoms with Crippen molar-refractivity contribution in [1.29, 1.82) is 0 Å². The molecule has 0 fully saturated rings. The molecule has 0 spiro atoms. The number of nitrogens with two attached hydrogens (primary N) is 1. The van der Waals surface area contributed by atoms with Gasteiger partial charge in [0.15, 0.2) is 5.69 Å². The van der Waals surface area contributed by atoms with E-state index >= 15 is 0 Å². The van der Waals surface area contributed by atoms with Crippen molar-refractivity contribution in [3.05, 3.63) is 35.7 Å². The molecule has 0 saturated carbocycles. The summed E-state index contributed by atoms with van der Waals surface area (Å²) in [6, 6.07) is 5.29. The molecule has 0 aliphatic heterocycles. The van der Waals surface area contributed by atoms with Crippen LogP contribution in [0.3, 0.4) is 0 Å². The van der Waals surface area contributed by atoms with Crippen molar-refractivity contribution in [2.24, 2.45) is 0 Å². The summed E-state index contributed by atoms with van der Waals surface area (Å²) in [5.41, 5.74) is 7.17. The van der Waals surface area contributed by atoms with Gasteiger partial charge in [0.25, 0.3) is 5.91 Å². The van der Waals surface area contributed by atoms with Crippen LogP contribution in [-0.4, -0.2) is 28.1 Å². The van der Waals surface area contributed by atoms with Gasteiger partial charge in [0.2, 0.25) is 0 Å². The van der Waals surface area contributed by atoms with E-state index in [4.69, 9.17) is 5.73 Å². The number of carbonyl (C=O) groups excluding carboxylic acids is 1. The summed E-state index contributed by atoms with van der Waals surface area (Å²) >= 11 is 0. The normalized spacial score (nSPS) is 10.0. The minimum absolute atomic E-state index is 0.168. The Hall–Kier alpha value is -2.70. The summed E-state index contributed by atoms with van der Waals surface area (Å²) in [7, 11) is 1.52. The first-order valence-corrected chi connectivity index (χ1v) is 5.65. The van der Waals surface area contributed by atoms with Crippen molar-refractivity contribution in [3.63, 3.8) is 0 Å². The van der Waals surface area contributed by atoms with Crippen LogP contribution in [0.1, 0.15) is 16.1 Å². The maximum atomic E-state index is 11.7. The molecule has 0 aliphatic carbocycles. The Morgan fingerprint density at radius 3 is 2.84 bits per heavy atom. The quantitative estimate of drug-likeness (QED) is 0.754. The molecule has 0 radical (unpaired) electrons. The Morgan fingerprint density at radius 1 is 1.37 bits per heavy atom. The highest BCUT2D eigenvalue weighted by Gasteiger charge is 2.14. The smallest absolute Gasteiger partial charge is 0.273 e. The minimum atomic E-state index is -0.344. The van der Waals surface area contributed by atoms with Gasteiger partial charge in [-0.05, 0) is 18.6 Å². The fraction of sp³-hybridized carbons (Fsp3) is 0.167. The molecule has 98 valence electrons. The van der Waals surface area contributed by atoms with E-state index in [1.165, 1.54) is 7.05 Å². The molecule has 4 N–H and O–H groups in total. The van der Waals surface area contributed by atoms with Crippen LogP contribution in [0, 0.1) is 6.92 Å². The number of nitrogen functional groups attached to an aromatic ring is 1. The van der Waals surface area contributed by atoms with Crippen molar-refractivity contribution in [2.75, 3.05) is 18.1 Å². The fourth-order valence-corrected chi connectivity index (χ4v) is 1.53. The van der Waals surface area contributed by atoms with E-state index in [9.17, 15) is 4.79 Å². The van der Waals surface area contributed by atoms with E-state index in [-0.39, 0.29) is 17.4 Å². The monoisotopic (exact) mass is 258 g/mol. The number of rotatable bonds is 3. The summed E-state index contributed by atoms with van der Waals surface area (Å²) in [5.74, 6) is 0.521. The second kappa shape index (κ2) is 5.30. The van der Waals surface area contributed by atoms with Gasteiger partial charge in [-0.25, -0.2) is 4.98 Å². The molecule has 2 heterocycles. The molecule has 2 aromatic rings. The first-order valence-electron chi connectivity index (χ1n) is 5.65. The minimum Gasteiger partial charge on any atom is -0.382 e. The molecule has 0 bridgehead atoms. The zero-order chi connectivity index (χ0) is 13.8. The third-order valence-electron chi connectivity index (χ3n) is 2.52. The standard InChI is InChI=1S/C12H14N6O/c1-7-4-3-5-15-11(7)16-8-6-9(13)17-18-10(8)12(19)14-2/h3-6H,1-2H3,(H,14,19)(H3,13,15,16,17). The van der Waals surface area contributed by atoms with Gasteiger partial charge in [0, 0.05) is 19.3 Å². The number of nitrogens with zero attached hydrogens (tertiary/aromatic N) is 3. The van der Waals surface area contributed by atoms with Crippen LogP contribution in [-0.2, 0) is 0 Å². The number of nitrogens with one attached hydrogen (secondary N) is 2. The number of anilines is 3. The number of carbonyl (C=O) groups is 1. The SMILES string of the molecule is CNC(=O)c1nnc(N)cc1Nc1ncccc1C. The van der Waals surface area contributed by atoms with Crippen molar-refractivity contribution in [2.45, 2.75) is 6.92 Å². The first-order chi connectivity index (χ1) is 9.11. The highest BCUT2D eigenvalue weighted by atomic mass is 16.1. The van der Waals surface area contributed by atoms with Gasteiger partial charge in [0.1, 0.15) is 11.6 Å². The molecule has 0 atom stereocenters. The summed E-state index contributed by atoms with van der Waals surface area (Å²) in [4.78, 5) is 15.9. The zero-order valence-electron chi connectivity index (χ0n) is 10.6. The Kier molecular flexibility index (Phi) is 3.56. The number of hydrogen-bond acceptors (Lipinski definition) is 6. The molecule has 7 heteroatoms. The predicted octanol–water partition coefficient (Wildman–Crippen LogP) is 0.865. The highest BCUT2D eigenvalue weighted by molar-refractivity contribution is 5.98. The van der Waals surface area contributed by atoms with E-state index in [1.807, 2.05) is 19.1 Å². The van der Waals surface area contributed by atoms with Gasteiger partial charge in [-0.15, -0.1) is 10.2 Å². The van der Waals surface area contributed by atoms with Crippen LogP contribution in [0.25, 0.3) is 0 Å². The van der Waals surface area contributed by atoms with Crippen LogP contribution in [0.2, 0.25) is 0 Å². The first kappa shape index (κ1) is 12.7. The lowest BCUT2D eigenvalue weighted by Crippen LogP contribution is -2.21. The van der Waals surface area contributed by atoms with Gasteiger partial charge in [-0.1, -0.05) is 6.07 Å². The van der Waals surface area contributed by atoms with Crippen LogP contribution in [0.4, 0.5) is 17.3 Å². The summed E-state index contributed by atoms with van der Waals surface area (Å²) in [6.45, 7) is 1.91. The van der Waals surface area contributed by atoms with Crippen LogP contribution in [0.5, 0.6) is 0 Å². The molecule has 0 aliphatic rings. The highest BCUT2D eigenvalue weighted by Crippen LogP contribution is 2.21. The largest absolute Gasteiger partial charge is 0.382 e. The maximum absolute atomic E-state index is 11.7. The van der Waals surface area contributed by atoms with E-state index in [2.05, 4.69) is 25.8 Å². The van der Waals surface area contributed by atoms with E-state index < -0.39 is 0 Å². The van der Waals surface area contributed by atoms with E-state index in [1.54, 1.807) is 12.3 Å². The van der Waals surface area contributed by atoms with Gasteiger partial charge in [0.05, 0.1) is 5.69 Å². The molecule has 1 amide bonds. The number of aromatic nitrogens is 3. The maximum Gasteiger partial charge on any atom is 0.273 e. The van der Waals surface area contributed by atoms with Gasteiger partial charge in [-0.2, -0.15) is 0 Å². The fourth-order valence-electron chi connectivity index (χ4n) is 1.53. The predicted molar refractivity (Wildman–Crippen MR) is 72.1 cm³/mol. The average molecular weight is 258 g/mol. The molecule has 19 heavy (non-hydrogen) atoms. The van der Waals surface area contributed by atoms with E-state index in [0.29, 0.717) is 11.5 Å². The Labute approximate surface area is 110 Å². The lowest BCUT2D eigenvalue weighted by molar-refractivity contribution is 0.0958. The molecule has 2 rings (SSSR count). The summed E-state index contributed by atoms with van der Waals surface area (Å²) in [6.07, 6.45) is 1.66. The van der Waals surface area contributed by atoms with Crippen molar-refractivity contribution >= 4 is 23.2 Å². The second-order valence-corrected chi connectivity index (χ2v) is 3.90. The van der Waals surface area contributed by atoms with Gasteiger partial charge < -0.3 is 16.4 Å². The molecule has 7 nitrogen and oxygen atoms in total. The average Bonchev–Trinajstić information content (AvgIpc) is 2.41. The second-order valence-electron chi connectivity index (χ2n) is 3.90. The summed E-state index contributed by atoms with van der Waals surface area (Å²) < 4.78 is 0. The van der Waals surface area contributed by atoms with Crippen molar-refractivity contribution < 1.29 is 4.79 Å².